The van der Waals surface area contributed by atoms with Crippen LogP contribution in [0.3, 0.4) is 0 Å². The SMILES string of the molecule is Cc1nn([C@H]2CCS(=O)(=O)C2)c(Cl)c1[C@@H]1Nc2ccccc2C(=O)N1Cc1ccco1. The van der Waals surface area contributed by atoms with Gasteiger partial charge < -0.3 is 14.6 Å². The minimum atomic E-state index is -3.09. The van der Waals surface area contributed by atoms with Gasteiger partial charge in [-0.2, -0.15) is 5.10 Å². The van der Waals surface area contributed by atoms with E-state index < -0.39 is 16.0 Å². The highest BCUT2D eigenvalue weighted by Gasteiger charge is 2.39. The fourth-order valence-corrected chi connectivity index (χ4v) is 6.42. The number of benzene rings is 1. The van der Waals surface area contributed by atoms with Gasteiger partial charge in [-0.1, -0.05) is 23.7 Å². The van der Waals surface area contributed by atoms with E-state index in [1.165, 1.54) is 0 Å². The molecule has 2 aliphatic heterocycles. The molecule has 0 saturated carbocycles. The van der Waals surface area contributed by atoms with Crippen LogP contribution in [0.4, 0.5) is 5.69 Å². The number of hydrogen-bond donors (Lipinski definition) is 1. The Labute approximate surface area is 184 Å². The van der Waals surface area contributed by atoms with Crippen LogP contribution in [0.2, 0.25) is 5.15 Å². The number of anilines is 1. The molecular formula is C21H21ClN4O4S. The Morgan fingerprint density at radius 3 is 2.77 bits per heavy atom. The summed E-state index contributed by atoms with van der Waals surface area (Å²) in [4.78, 5) is 15.1. The van der Waals surface area contributed by atoms with Crippen molar-refractivity contribution in [1.82, 2.24) is 14.7 Å². The standard InChI is InChI=1S/C21H21ClN4O4S/c1-13-18(19(22)26(24-13)14-8-10-31(28,29)12-14)20-23-17-7-3-2-6-16(17)21(27)25(20)11-15-5-4-9-30-15/h2-7,9,14,20,23H,8,10-12H2,1H3/t14-,20+/m0/s1. The number of hydrogen-bond acceptors (Lipinski definition) is 6. The van der Waals surface area contributed by atoms with Gasteiger partial charge in [0, 0.05) is 5.69 Å². The molecule has 3 aromatic rings. The Hall–Kier alpha value is -2.78. The lowest BCUT2D eigenvalue weighted by Gasteiger charge is -2.37. The number of carbonyl (C=O) groups excluding carboxylic acids is 1. The maximum Gasteiger partial charge on any atom is 0.258 e. The summed E-state index contributed by atoms with van der Waals surface area (Å²) in [6.07, 6.45) is 1.46. The van der Waals surface area contributed by atoms with Crippen LogP contribution in [0, 0.1) is 6.92 Å². The average Bonchev–Trinajstić information content (AvgIpc) is 3.44. The number of aryl methyl sites for hydroxylation is 1. The highest BCUT2D eigenvalue weighted by atomic mass is 35.5. The van der Waals surface area contributed by atoms with E-state index in [4.69, 9.17) is 16.0 Å². The molecule has 0 bridgehead atoms. The Morgan fingerprint density at radius 1 is 1.26 bits per heavy atom. The second-order valence-electron chi connectivity index (χ2n) is 7.90. The molecule has 4 heterocycles. The number of nitrogens with zero attached hydrogens (tertiary/aromatic N) is 3. The highest BCUT2D eigenvalue weighted by Crippen LogP contribution is 2.40. The molecule has 1 saturated heterocycles. The lowest BCUT2D eigenvalue weighted by atomic mass is 10.0. The predicted octanol–water partition coefficient (Wildman–Crippen LogP) is 3.56. The molecule has 2 aliphatic rings. The molecule has 2 aromatic heterocycles. The van der Waals surface area contributed by atoms with E-state index in [1.807, 2.05) is 31.2 Å². The number of aromatic nitrogens is 2. The first kappa shape index (κ1) is 20.1. The number of halogens is 1. The number of furan rings is 1. The second kappa shape index (κ2) is 7.42. The van der Waals surface area contributed by atoms with Crippen LogP contribution >= 0.6 is 11.6 Å². The molecule has 2 atom stereocenters. The van der Waals surface area contributed by atoms with E-state index >= 15 is 0 Å². The summed E-state index contributed by atoms with van der Waals surface area (Å²) >= 11 is 6.76. The molecule has 1 aromatic carbocycles. The summed E-state index contributed by atoms with van der Waals surface area (Å²) in [5.41, 5.74) is 2.57. The number of para-hydroxylation sites is 1. The smallest absolute Gasteiger partial charge is 0.258 e. The molecule has 162 valence electrons. The first-order valence-electron chi connectivity index (χ1n) is 9.98. The predicted molar refractivity (Wildman–Crippen MR) is 116 cm³/mol. The summed E-state index contributed by atoms with van der Waals surface area (Å²) in [5.74, 6) is 0.633. The number of amides is 1. The van der Waals surface area contributed by atoms with Crippen molar-refractivity contribution in [3.63, 3.8) is 0 Å². The lowest BCUT2D eigenvalue weighted by Crippen LogP contribution is -2.42. The van der Waals surface area contributed by atoms with E-state index in [1.54, 1.807) is 28.0 Å². The quantitative estimate of drug-likeness (QED) is 0.639. The van der Waals surface area contributed by atoms with E-state index in [9.17, 15) is 13.2 Å². The summed E-state index contributed by atoms with van der Waals surface area (Å²) in [6, 6.07) is 10.6. The van der Waals surface area contributed by atoms with Gasteiger partial charge in [0.05, 0.1) is 47.2 Å². The molecule has 8 nitrogen and oxygen atoms in total. The number of fused-ring (bicyclic) bond motifs is 1. The minimum Gasteiger partial charge on any atom is -0.467 e. The lowest BCUT2D eigenvalue weighted by molar-refractivity contribution is 0.0651. The van der Waals surface area contributed by atoms with Crippen LogP contribution in [-0.4, -0.2) is 40.5 Å². The maximum absolute atomic E-state index is 13.4. The molecule has 1 N–H and O–H groups in total. The zero-order valence-corrected chi connectivity index (χ0v) is 18.4. The van der Waals surface area contributed by atoms with Crippen molar-refractivity contribution in [3.8, 4) is 0 Å². The number of sulfone groups is 1. The Bertz CT molecular complexity index is 1250. The fraction of sp³-hybridized carbons (Fsp3) is 0.333. The molecule has 1 amide bonds. The van der Waals surface area contributed by atoms with Crippen LogP contribution in [0.5, 0.6) is 0 Å². The summed E-state index contributed by atoms with van der Waals surface area (Å²) in [7, 11) is -3.09. The number of carbonyl (C=O) groups is 1. The van der Waals surface area contributed by atoms with Crippen molar-refractivity contribution >= 4 is 33.0 Å². The van der Waals surface area contributed by atoms with Crippen molar-refractivity contribution in [2.75, 3.05) is 16.8 Å². The average molecular weight is 461 g/mol. The minimum absolute atomic E-state index is 0.0171. The van der Waals surface area contributed by atoms with Crippen molar-refractivity contribution in [1.29, 1.82) is 0 Å². The van der Waals surface area contributed by atoms with Crippen molar-refractivity contribution in [2.45, 2.75) is 32.1 Å². The van der Waals surface area contributed by atoms with E-state index in [-0.39, 0.29) is 30.0 Å². The molecule has 10 heteroatoms. The summed E-state index contributed by atoms with van der Waals surface area (Å²) < 4.78 is 31.0. The molecule has 0 spiro atoms. The van der Waals surface area contributed by atoms with Crippen LogP contribution in [0.15, 0.2) is 47.1 Å². The summed E-state index contributed by atoms with van der Waals surface area (Å²) in [6.45, 7) is 2.06. The molecule has 31 heavy (non-hydrogen) atoms. The monoisotopic (exact) mass is 460 g/mol. The van der Waals surface area contributed by atoms with Gasteiger partial charge in [-0.25, -0.2) is 13.1 Å². The van der Waals surface area contributed by atoms with Crippen molar-refractivity contribution in [2.24, 2.45) is 0 Å². The van der Waals surface area contributed by atoms with Crippen molar-refractivity contribution in [3.05, 3.63) is 70.4 Å². The zero-order chi connectivity index (χ0) is 21.8. The van der Waals surface area contributed by atoms with Crippen LogP contribution in [0.25, 0.3) is 0 Å². The molecule has 1 fully saturated rings. The van der Waals surface area contributed by atoms with Crippen molar-refractivity contribution < 1.29 is 17.6 Å². The van der Waals surface area contributed by atoms with E-state index in [0.29, 0.717) is 39.8 Å². The topological polar surface area (TPSA) is 97.4 Å². The first-order chi connectivity index (χ1) is 14.8. The van der Waals surface area contributed by atoms with Gasteiger partial charge >= 0.3 is 0 Å². The largest absolute Gasteiger partial charge is 0.467 e. The Balaban J connectivity index is 1.58. The van der Waals surface area contributed by atoms with Crippen LogP contribution < -0.4 is 5.32 Å². The maximum atomic E-state index is 13.4. The van der Waals surface area contributed by atoms with Gasteiger partial charge in [0.2, 0.25) is 0 Å². The normalized spacial score (nSPS) is 22.4. The van der Waals surface area contributed by atoms with Gasteiger partial charge in [0.25, 0.3) is 5.91 Å². The van der Waals surface area contributed by atoms with E-state index in [0.717, 1.165) is 0 Å². The molecule has 0 unspecified atom stereocenters. The number of rotatable bonds is 4. The Kier molecular flexibility index (Phi) is 4.82. The molecule has 5 rings (SSSR count). The third-order valence-corrected chi connectivity index (χ3v) is 7.95. The third kappa shape index (κ3) is 3.51. The third-order valence-electron chi connectivity index (χ3n) is 5.83. The summed E-state index contributed by atoms with van der Waals surface area (Å²) in [5, 5.41) is 8.32. The number of nitrogens with one attached hydrogen (secondary N) is 1. The second-order valence-corrected chi connectivity index (χ2v) is 10.5. The molecule has 0 radical (unpaired) electrons. The van der Waals surface area contributed by atoms with Gasteiger partial charge in [-0.15, -0.1) is 0 Å². The Morgan fingerprint density at radius 2 is 2.06 bits per heavy atom. The molecular weight excluding hydrogens is 440 g/mol. The zero-order valence-electron chi connectivity index (χ0n) is 16.8. The van der Waals surface area contributed by atoms with Gasteiger partial charge in [-0.3, -0.25) is 4.79 Å². The van der Waals surface area contributed by atoms with E-state index in [2.05, 4.69) is 10.4 Å². The fourth-order valence-electron chi connectivity index (χ4n) is 4.31. The van der Waals surface area contributed by atoms with Crippen LogP contribution in [0.1, 0.15) is 46.0 Å². The highest BCUT2D eigenvalue weighted by molar-refractivity contribution is 7.91. The molecule has 0 aliphatic carbocycles. The first-order valence-corrected chi connectivity index (χ1v) is 12.2. The van der Waals surface area contributed by atoms with Gasteiger partial charge in [0.1, 0.15) is 17.1 Å². The van der Waals surface area contributed by atoms with Crippen LogP contribution in [-0.2, 0) is 16.4 Å². The van der Waals surface area contributed by atoms with Gasteiger partial charge in [-0.05, 0) is 37.6 Å². The van der Waals surface area contributed by atoms with Gasteiger partial charge in [0.15, 0.2) is 9.84 Å².